The Labute approximate surface area is 147 Å². The van der Waals surface area contributed by atoms with Crippen LogP contribution in [0.1, 0.15) is 31.4 Å². The zero-order chi connectivity index (χ0) is 16.9. The zero-order valence-electron chi connectivity index (χ0n) is 13.7. The summed E-state index contributed by atoms with van der Waals surface area (Å²) < 4.78 is 0. The van der Waals surface area contributed by atoms with E-state index in [2.05, 4.69) is 33.2 Å². The topological polar surface area (TPSA) is 58.1 Å². The number of amides is 1. The summed E-state index contributed by atoms with van der Waals surface area (Å²) >= 11 is 6.09. The molecule has 1 amide bonds. The maximum absolute atomic E-state index is 12.3. The number of likely N-dealkylation sites (tertiary alicyclic amines) is 1. The number of nitrogens with one attached hydrogen (secondary N) is 1. The van der Waals surface area contributed by atoms with Crippen molar-refractivity contribution in [2.75, 3.05) is 18.4 Å². The van der Waals surface area contributed by atoms with Crippen molar-refractivity contribution in [2.24, 2.45) is 5.92 Å². The lowest BCUT2D eigenvalue weighted by atomic mass is 9.94. The number of piperidine rings is 1. The van der Waals surface area contributed by atoms with Crippen LogP contribution in [-0.2, 0) is 4.79 Å². The summed E-state index contributed by atoms with van der Waals surface area (Å²) in [5.74, 6) is 0.394. The van der Waals surface area contributed by atoms with Crippen LogP contribution in [0.25, 0.3) is 0 Å². The van der Waals surface area contributed by atoms with E-state index < -0.39 is 0 Å². The molecular weight excluding hydrogens is 324 g/mol. The van der Waals surface area contributed by atoms with E-state index in [1.54, 1.807) is 18.5 Å². The summed E-state index contributed by atoms with van der Waals surface area (Å²) in [6, 6.07) is 10.0. The number of benzene rings is 1. The summed E-state index contributed by atoms with van der Waals surface area (Å²) in [6.07, 6.45) is 4.92. The van der Waals surface area contributed by atoms with Gasteiger partial charge in [-0.15, -0.1) is 0 Å². The second kappa shape index (κ2) is 7.73. The van der Waals surface area contributed by atoms with E-state index >= 15 is 0 Å². The van der Waals surface area contributed by atoms with Crippen LogP contribution in [-0.4, -0.2) is 33.9 Å². The van der Waals surface area contributed by atoms with Gasteiger partial charge in [0.1, 0.15) is 0 Å². The molecule has 24 heavy (non-hydrogen) atoms. The second-order valence-corrected chi connectivity index (χ2v) is 6.54. The van der Waals surface area contributed by atoms with Gasteiger partial charge in [-0.05, 0) is 56.6 Å². The number of hydrogen-bond donors (Lipinski definition) is 1. The number of aromatic nitrogens is 2. The van der Waals surface area contributed by atoms with Gasteiger partial charge in [0.25, 0.3) is 0 Å². The minimum Gasteiger partial charge on any atom is -0.297 e. The van der Waals surface area contributed by atoms with E-state index in [0.717, 1.165) is 31.0 Å². The standard InChI is InChI=1S/C18H21ClN4O/c1-13(15-4-2-5-16(19)12-15)23-10-6-14(7-11-23)17(24)22-18-20-8-3-9-21-18/h2-5,8-9,12-14H,6-7,10-11H2,1H3,(H,20,21,22,24). The minimum absolute atomic E-state index is 0.0104. The molecule has 1 atom stereocenters. The number of anilines is 1. The van der Waals surface area contributed by atoms with Crippen molar-refractivity contribution in [1.82, 2.24) is 14.9 Å². The molecule has 3 rings (SSSR count). The fourth-order valence-corrected chi connectivity index (χ4v) is 3.30. The molecule has 0 aliphatic carbocycles. The highest BCUT2D eigenvalue weighted by Gasteiger charge is 2.28. The Morgan fingerprint density at radius 3 is 2.62 bits per heavy atom. The summed E-state index contributed by atoms with van der Waals surface area (Å²) in [5.41, 5.74) is 1.21. The predicted octanol–water partition coefficient (Wildman–Crippen LogP) is 3.54. The fourth-order valence-electron chi connectivity index (χ4n) is 3.10. The Morgan fingerprint density at radius 2 is 1.96 bits per heavy atom. The summed E-state index contributed by atoms with van der Waals surface area (Å²) in [7, 11) is 0. The van der Waals surface area contributed by atoms with Gasteiger partial charge in [0, 0.05) is 29.4 Å². The van der Waals surface area contributed by atoms with Crippen LogP contribution in [0.4, 0.5) is 5.95 Å². The highest BCUT2D eigenvalue weighted by molar-refractivity contribution is 6.30. The van der Waals surface area contributed by atoms with E-state index in [-0.39, 0.29) is 11.8 Å². The summed E-state index contributed by atoms with van der Waals surface area (Å²) in [4.78, 5) is 22.8. The van der Waals surface area contributed by atoms with Crippen LogP contribution >= 0.6 is 11.6 Å². The van der Waals surface area contributed by atoms with Crippen molar-refractivity contribution in [1.29, 1.82) is 0 Å². The van der Waals surface area contributed by atoms with E-state index in [0.29, 0.717) is 12.0 Å². The van der Waals surface area contributed by atoms with Gasteiger partial charge in [0.2, 0.25) is 11.9 Å². The molecule has 0 saturated carbocycles. The lowest BCUT2D eigenvalue weighted by Gasteiger charge is -2.35. The van der Waals surface area contributed by atoms with Gasteiger partial charge in [0.05, 0.1) is 0 Å². The Morgan fingerprint density at radius 1 is 1.25 bits per heavy atom. The number of nitrogens with zero attached hydrogens (tertiary/aromatic N) is 3. The molecule has 1 unspecified atom stereocenters. The third-order valence-corrected chi connectivity index (χ3v) is 4.82. The molecule has 2 aromatic rings. The van der Waals surface area contributed by atoms with Gasteiger partial charge in [0.15, 0.2) is 0 Å². The van der Waals surface area contributed by atoms with Crippen LogP contribution in [0.2, 0.25) is 5.02 Å². The predicted molar refractivity (Wildman–Crippen MR) is 94.8 cm³/mol. The quantitative estimate of drug-likeness (QED) is 0.921. The summed E-state index contributed by atoms with van der Waals surface area (Å²) in [6.45, 7) is 3.96. The minimum atomic E-state index is 0.0104. The molecule has 1 aliphatic rings. The number of carbonyl (C=O) groups excluding carboxylic acids is 1. The van der Waals surface area contributed by atoms with Crippen LogP contribution in [0.15, 0.2) is 42.7 Å². The Bertz CT molecular complexity index is 686. The zero-order valence-corrected chi connectivity index (χ0v) is 14.4. The number of hydrogen-bond acceptors (Lipinski definition) is 4. The van der Waals surface area contributed by atoms with E-state index in [9.17, 15) is 4.79 Å². The third-order valence-electron chi connectivity index (χ3n) is 4.58. The lowest BCUT2D eigenvalue weighted by molar-refractivity contribution is -0.121. The molecular formula is C18H21ClN4O. The normalized spacial score (nSPS) is 17.4. The average molecular weight is 345 g/mol. The first-order valence-corrected chi connectivity index (χ1v) is 8.58. The van der Waals surface area contributed by atoms with Crippen LogP contribution in [0.3, 0.4) is 0 Å². The van der Waals surface area contributed by atoms with Gasteiger partial charge in [-0.1, -0.05) is 23.7 Å². The van der Waals surface area contributed by atoms with Crippen LogP contribution in [0, 0.1) is 5.92 Å². The molecule has 1 aromatic heterocycles. The highest BCUT2D eigenvalue weighted by Crippen LogP contribution is 2.28. The number of rotatable bonds is 4. The van der Waals surface area contributed by atoms with E-state index in [1.165, 1.54) is 5.56 Å². The Balaban J connectivity index is 1.54. The summed E-state index contributed by atoms with van der Waals surface area (Å²) in [5, 5.41) is 3.56. The fraction of sp³-hybridized carbons (Fsp3) is 0.389. The molecule has 1 fully saturated rings. The van der Waals surface area contributed by atoms with Crippen molar-refractivity contribution in [3.05, 3.63) is 53.3 Å². The molecule has 1 aliphatic heterocycles. The highest BCUT2D eigenvalue weighted by atomic mass is 35.5. The van der Waals surface area contributed by atoms with E-state index in [1.807, 2.05) is 18.2 Å². The number of carbonyl (C=O) groups is 1. The molecule has 126 valence electrons. The molecule has 1 N–H and O–H groups in total. The molecule has 0 bridgehead atoms. The van der Waals surface area contributed by atoms with Crippen molar-refractivity contribution < 1.29 is 4.79 Å². The van der Waals surface area contributed by atoms with Crippen molar-refractivity contribution >= 4 is 23.5 Å². The van der Waals surface area contributed by atoms with Crippen LogP contribution in [0.5, 0.6) is 0 Å². The largest absolute Gasteiger partial charge is 0.297 e. The molecule has 1 aromatic carbocycles. The maximum Gasteiger partial charge on any atom is 0.229 e. The van der Waals surface area contributed by atoms with E-state index in [4.69, 9.17) is 11.6 Å². The van der Waals surface area contributed by atoms with Crippen LogP contribution < -0.4 is 5.32 Å². The molecule has 0 radical (unpaired) electrons. The van der Waals surface area contributed by atoms with Gasteiger partial charge < -0.3 is 0 Å². The first kappa shape index (κ1) is 16.9. The smallest absolute Gasteiger partial charge is 0.229 e. The van der Waals surface area contributed by atoms with Gasteiger partial charge >= 0.3 is 0 Å². The third kappa shape index (κ3) is 4.10. The first-order chi connectivity index (χ1) is 11.6. The maximum atomic E-state index is 12.3. The Hall–Kier alpha value is -1.98. The average Bonchev–Trinajstić information content (AvgIpc) is 2.62. The van der Waals surface area contributed by atoms with Gasteiger partial charge in [-0.2, -0.15) is 0 Å². The van der Waals surface area contributed by atoms with Gasteiger partial charge in [-0.3, -0.25) is 15.0 Å². The molecule has 1 saturated heterocycles. The molecule has 6 heteroatoms. The second-order valence-electron chi connectivity index (χ2n) is 6.10. The monoisotopic (exact) mass is 344 g/mol. The molecule has 5 nitrogen and oxygen atoms in total. The molecule has 2 heterocycles. The Kier molecular flexibility index (Phi) is 5.43. The first-order valence-electron chi connectivity index (χ1n) is 8.21. The van der Waals surface area contributed by atoms with Crippen molar-refractivity contribution in [3.63, 3.8) is 0 Å². The number of halogens is 1. The SMILES string of the molecule is CC(c1cccc(Cl)c1)N1CCC(C(=O)Nc2ncccn2)CC1. The van der Waals surface area contributed by atoms with Crippen molar-refractivity contribution in [3.8, 4) is 0 Å². The lowest BCUT2D eigenvalue weighted by Crippen LogP contribution is -2.39. The molecule has 0 spiro atoms. The van der Waals surface area contributed by atoms with Gasteiger partial charge in [-0.25, -0.2) is 9.97 Å². The van der Waals surface area contributed by atoms with Crippen molar-refractivity contribution in [2.45, 2.75) is 25.8 Å².